The lowest BCUT2D eigenvalue weighted by atomic mass is 10.1. The van der Waals surface area contributed by atoms with Crippen LogP contribution in [0.25, 0.3) is 10.8 Å². The maximum absolute atomic E-state index is 10.7. The molecule has 1 amide bonds. The molecule has 0 atom stereocenters. The Labute approximate surface area is 87.9 Å². The van der Waals surface area contributed by atoms with E-state index in [1.807, 2.05) is 30.3 Å². The molecule has 0 radical (unpaired) electrons. The number of aryl methyl sites for hydroxylation is 1. The fraction of sp³-hybridized carbons (Fsp3) is 0.167. The number of rotatable bonds is 3. The van der Waals surface area contributed by atoms with Crippen LogP contribution in [0.4, 0.5) is 0 Å². The second kappa shape index (κ2) is 4.09. The van der Waals surface area contributed by atoms with E-state index in [0.717, 1.165) is 16.5 Å². The van der Waals surface area contributed by atoms with Crippen molar-refractivity contribution in [2.45, 2.75) is 12.8 Å². The highest BCUT2D eigenvalue weighted by Crippen LogP contribution is 2.17. The Kier molecular flexibility index (Phi) is 2.63. The van der Waals surface area contributed by atoms with E-state index in [-0.39, 0.29) is 5.91 Å². The van der Waals surface area contributed by atoms with Gasteiger partial charge in [0.05, 0.1) is 0 Å². The quantitative estimate of drug-likeness (QED) is 0.819. The Balaban J connectivity index is 2.38. The van der Waals surface area contributed by atoms with Crippen LogP contribution in [0.1, 0.15) is 12.1 Å². The van der Waals surface area contributed by atoms with Gasteiger partial charge in [0.1, 0.15) is 0 Å². The monoisotopic (exact) mass is 200 g/mol. The molecule has 1 heterocycles. The van der Waals surface area contributed by atoms with Crippen LogP contribution >= 0.6 is 0 Å². The van der Waals surface area contributed by atoms with E-state index in [2.05, 4.69) is 4.98 Å². The number of fused-ring (bicyclic) bond motifs is 1. The van der Waals surface area contributed by atoms with Gasteiger partial charge in [-0.1, -0.05) is 24.3 Å². The highest BCUT2D eigenvalue weighted by atomic mass is 16.1. The summed E-state index contributed by atoms with van der Waals surface area (Å²) in [7, 11) is 0. The lowest BCUT2D eigenvalue weighted by Crippen LogP contribution is -2.11. The van der Waals surface area contributed by atoms with Crippen molar-refractivity contribution in [2.75, 3.05) is 0 Å². The number of benzene rings is 1. The second-order valence-electron chi connectivity index (χ2n) is 3.45. The molecule has 0 bridgehead atoms. The van der Waals surface area contributed by atoms with Crippen molar-refractivity contribution in [3.63, 3.8) is 0 Å². The van der Waals surface area contributed by atoms with Crippen LogP contribution < -0.4 is 5.73 Å². The fourth-order valence-electron chi connectivity index (χ4n) is 1.62. The Morgan fingerprint density at radius 3 is 2.87 bits per heavy atom. The molecule has 0 fully saturated rings. The lowest BCUT2D eigenvalue weighted by molar-refractivity contribution is -0.117. The molecule has 0 unspecified atom stereocenters. The van der Waals surface area contributed by atoms with E-state index in [4.69, 9.17) is 5.73 Å². The molecule has 2 aromatic rings. The molecule has 0 aliphatic heterocycles. The molecule has 1 aromatic carbocycles. The zero-order chi connectivity index (χ0) is 10.7. The van der Waals surface area contributed by atoms with Gasteiger partial charge in [-0.3, -0.25) is 9.78 Å². The zero-order valence-corrected chi connectivity index (χ0v) is 8.31. The van der Waals surface area contributed by atoms with Crippen molar-refractivity contribution in [3.05, 3.63) is 42.2 Å². The third-order valence-electron chi connectivity index (χ3n) is 2.36. The van der Waals surface area contributed by atoms with Gasteiger partial charge < -0.3 is 5.73 Å². The topological polar surface area (TPSA) is 56.0 Å². The average molecular weight is 200 g/mol. The number of primary amides is 1. The first kappa shape index (κ1) is 9.65. The third kappa shape index (κ3) is 2.13. The van der Waals surface area contributed by atoms with Crippen molar-refractivity contribution in [1.82, 2.24) is 4.98 Å². The number of carbonyl (C=O) groups excluding carboxylic acids is 1. The summed E-state index contributed by atoms with van der Waals surface area (Å²) in [4.78, 5) is 15.0. The Hall–Kier alpha value is -1.90. The predicted molar refractivity (Wildman–Crippen MR) is 59.3 cm³/mol. The third-order valence-corrected chi connectivity index (χ3v) is 2.36. The summed E-state index contributed by atoms with van der Waals surface area (Å²) in [6.07, 6.45) is 2.72. The maximum atomic E-state index is 10.7. The van der Waals surface area contributed by atoms with Crippen LogP contribution in [0.3, 0.4) is 0 Å². The van der Waals surface area contributed by atoms with Gasteiger partial charge in [-0.2, -0.15) is 0 Å². The largest absolute Gasteiger partial charge is 0.370 e. The van der Waals surface area contributed by atoms with Crippen molar-refractivity contribution < 1.29 is 4.79 Å². The minimum absolute atomic E-state index is 0.287. The number of hydrogen-bond acceptors (Lipinski definition) is 2. The molecule has 2 rings (SSSR count). The van der Waals surface area contributed by atoms with Crippen LogP contribution in [-0.4, -0.2) is 10.9 Å². The fourth-order valence-corrected chi connectivity index (χ4v) is 1.62. The molecular formula is C12H12N2O. The van der Waals surface area contributed by atoms with E-state index in [9.17, 15) is 4.79 Å². The molecule has 2 N–H and O–H groups in total. The van der Waals surface area contributed by atoms with Crippen LogP contribution in [-0.2, 0) is 11.2 Å². The Morgan fingerprint density at radius 2 is 2.07 bits per heavy atom. The SMILES string of the molecule is NC(=O)CCc1nccc2ccccc12. The average Bonchev–Trinajstić information content (AvgIpc) is 2.26. The molecule has 0 saturated heterocycles. The lowest BCUT2D eigenvalue weighted by Gasteiger charge is -2.03. The predicted octanol–water partition coefficient (Wildman–Crippen LogP) is 1.65. The summed E-state index contributed by atoms with van der Waals surface area (Å²) in [5, 5.41) is 2.24. The molecule has 3 heteroatoms. The van der Waals surface area contributed by atoms with Gasteiger partial charge >= 0.3 is 0 Å². The first-order valence-electron chi connectivity index (χ1n) is 4.88. The van der Waals surface area contributed by atoms with Gasteiger partial charge in [0.15, 0.2) is 0 Å². The van der Waals surface area contributed by atoms with Gasteiger partial charge in [-0.15, -0.1) is 0 Å². The first-order chi connectivity index (χ1) is 7.27. The molecule has 3 nitrogen and oxygen atoms in total. The van der Waals surface area contributed by atoms with E-state index in [0.29, 0.717) is 12.8 Å². The number of nitrogens with zero attached hydrogens (tertiary/aromatic N) is 1. The summed E-state index contributed by atoms with van der Waals surface area (Å²) >= 11 is 0. The molecule has 76 valence electrons. The Bertz CT molecular complexity index is 488. The zero-order valence-electron chi connectivity index (χ0n) is 8.31. The van der Waals surface area contributed by atoms with Crippen LogP contribution in [0, 0.1) is 0 Å². The van der Waals surface area contributed by atoms with E-state index in [1.54, 1.807) is 6.20 Å². The number of aromatic nitrogens is 1. The van der Waals surface area contributed by atoms with Crippen LogP contribution in [0.2, 0.25) is 0 Å². The number of hydrogen-bond donors (Lipinski definition) is 1. The maximum Gasteiger partial charge on any atom is 0.217 e. The molecule has 1 aromatic heterocycles. The van der Waals surface area contributed by atoms with Gasteiger partial charge in [-0.25, -0.2) is 0 Å². The summed E-state index contributed by atoms with van der Waals surface area (Å²) in [5.74, 6) is -0.287. The number of nitrogens with two attached hydrogens (primary N) is 1. The minimum atomic E-state index is -0.287. The molecule has 0 saturated carbocycles. The smallest absolute Gasteiger partial charge is 0.217 e. The summed E-state index contributed by atoms with van der Waals surface area (Å²) in [5.41, 5.74) is 6.05. The standard InChI is InChI=1S/C12H12N2O/c13-12(15)6-5-11-10-4-2-1-3-9(10)7-8-14-11/h1-4,7-8H,5-6H2,(H2,13,15). The molecule has 0 aliphatic rings. The van der Waals surface area contributed by atoms with E-state index in [1.165, 1.54) is 0 Å². The van der Waals surface area contributed by atoms with Gasteiger partial charge in [0.25, 0.3) is 0 Å². The molecule has 0 spiro atoms. The number of amides is 1. The van der Waals surface area contributed by atoms with Crippen molar-refractivity contribution in [3.8, 4) is 0 Å². The van der Waals surface area contributed by atoms with E-state index >= 15 is 0 Å². The van der Waals surface area contributed by atoms with Gasteiger partial charge in [-0.05, 0) is 17.9 Å². The van der Waals surface area contributed by atoms with Gasteiger partial charge in [0, 0.05) is 23.7 Å². The number of carbonyl (C=O) groups is 1. The van der Waals surface area contributed by atoms with Crippen LogP contribution in [0.5, 0.6) is 0 Å². The summed E-state index contributed by atoms with van der Waals surface area (Å²) < 4.78 is 0. The van der Waals surface area contributed by atoms with Gasteiger partial charge in [0.2, 0.25) is 5.91 Å². The van der Waals surface area contributed by atoms with Crippen molar-refractivity contribution in [1.29, 1.82) is 0 Å². The second-order valence-corrected chi connectivity index (χ2v) is 3.45. The van der Waals surface area contributed by atoms with Crippen molar-refractivity contribution >= 4 is 16.7 Å². The first-order valence-corrected chi connectivity index (χ1v) is 4.88. The van der Waals surface area contributed by atoms with Crippen molar-refractivity contribution in [2.24, 2.45) is 5.73 Å². The van der Waals surface area contributed by atoms with E-state index < -0.39 is 0 Å². The highest BCUT2D eigenvalue weighted by molar-refractivity contribution is 5.84. The normalized spacial score (nSPS) is 10.4. The highest BCUT2D eigenvalue weighted by Gasteiger charge is 2.03. The summed E-state index contributed by atoms with van der Waals surface area (Å²) in [6, 6.07) is 9.96. The number of pyridine rings is 1. The molecular weight excluding hydrogens is 188 g/mol. The van der Waals surface area contributed by atoms with Crippen LogP contribution in [0.15, 0.2) is 36.5 Å². The minimum Gasteiger partial charge on any atom is -0.370 e. The molecule has 0 aliphatic carbocycles. The summed E-state index contributed by atoms with van der Waals surface area (Å²) in [6.45, 7) is 0. The Morgan fingerprint density at radius 1 is 1.27 bits per heavy atom. The molecule has 15 heavy (non-hydrogen) atoms.